The lowest BCUT2D eigenvalue weighted by Crippen LogP contribution is -2.82. The fourth-order valence-electron chi connectivity index (χ4n) is 12.7. The molecule has 0 radical (unpaired) electrons. The highest BCUT2D eigenvalue weighted by Crippen LogP contribution is 2.85. The third-order valence-electron chi connectivity index (χ3n) is 13.8. The summed E-state index contributed by atoms with van der Waals surface area (Å²) in [6.45, 7) is 9.26. The quantitative estimate of drug-likeness (QED) is 0.172. The second-order valence-electron chi connectivity index (χ2n) is 16.1. The number of aliphatic hydroxyl groups excluding tert-OH is 2. The molecular weight excluding hydrogens is 714 g/mol. The number of aldehydes is 1. The second kappa shape index (κ2) is 12.6. The Labute approximate surface area is 316 Å². The normalized spacial score (nSPS) is 42.9. The highest BCUT2D eigenvalue weighted by Gasteiger charge is 2.96. The van der Waals surface area contributed by atoms with Crippen molar-refractivity contribution in [2.24, 2.45) is 39.9 Å². The van der Waals surface area contributed by atoms with Gasteiger partial charge in [0, 0.05) is 61.4 Å². The maximum absolute atomic E-state index is 14.0. The molecule has 14 heteroatoms. The average molecular weight is 758 g/mol. The summed E-state index contributed by atoms with van der Waals surface area (Å²) in [5, 5.41) is 25.3. The van der Waals surface area contributed by atoms with Gasteiger partial charge in [0.1, 0.15) is 18.5 Å². The zero-order chi connectivity index (χ0) is 39.5. The van der Waals surface area contributed by atoms with Gasteiger partial charge in [0.2, 0.25) is 0 Å². The van der Waals surface area contributed by atoms with Crippen molar-refractivity contribution in [2.75, 3.05) is 7.05 Å². The van der Waals surface area contributed by atoms with Gasteiger partial charge in [-0.25, -0.2) is 9.59 Å². The number of hydrogen-bond acceptors (Lipinski definition) is 14. The molecule has 0 amide bonds. The van der Waals surface area contributed by atoms with Crippen LogP contribution in [0.15, 0.2) is 72.8 Å². The summed E-state index contributed by atoms with van der Waals surface area (Å²) in [4.78, 5) is 83.0. The standard InChI is InChI=1S/C41H43NO13/c1-18-24-27(54-37(49)22-13-9-7-10-14-22)25-32-41-30(26(42(32)6)34(48)40(25,33(18)47)31(41)28(24)51-19(2)44)39(5,17-43)35(52-20(3)45)29(36(41)53-21(4)46)55-38(50)23-15-11-8-12-16-23/h7-17,24-36,47-48H,1H2,2-6H3/t24-,25-,26-,27+,28+,29-,30+,31+,32-,33-,34+,35-,36+,39-,40-,41+/m0/s1. The first kappa shape index (κ1) is 37.0. The molecule has 8 fully saturated rings. The number of carbonyl (C=O) groups is 6. The van der Waals surface area contributed by atoms with Crippen molar-refractivity contribution < 1.29 is 62.7 Å². The van der Waals surface area contributed by atoms with Gasteiger partial charge in [-0.15, -0.1) is 0 Å². The summed E-state index contributed by atoms with van der Waals surface area (Å²) >= 11 is 0. The maximum atomic E-state index is 14.0. The van der Waals surface area contributed by atoms with Crippen molar-refractivity contribution in [3.8, 4) is 0 Å². The third-order valence-corrected chi connectivity index (χ3v) is 13.8. The van der Waals surface area contributed by atoms with E-state index in [4.69, 9.17) is 23.7 Å². The molecule has 2 N–H and O–H groups in total. The van der Waals surface area contributed by atoms with Gasteiger partial charge in [0.25, 0.3) is 0 Å². The number of hydrogen-bond donors (Lipinski definition) is 2. The van der Waals surface area contributed by atoms with Crippen LogP contribution in [0.4, 0.5) is 0 Å². The van der Waals surface area contributed by atoms with Gasteiger partial charge >= 0.3 is 29.8 Å². The lowest BCUT2D eigenvalue weighted by molar-refractivity contribution is -0.318. The van der Waals surface area contributed by atoms with Gasteiger partial charge in [0.15, 0.2) is 18.3 Å². The molecule has 2 spiro atoms. The average Bonchev–Trinajstić information content (AvgIpc) is 3.48. The predicted octanol–water partition coefficient (Wildman–Crippen LogP) is 1.90. The van der Waals surface area contributed by atoms with Crippen molar-refractivity contribution in [1.29, 1.82) is 0 Å². The molecule has 55 heavy (non-hydrogen) atoms. The molecule has 2 aliphatic heterocycles. The molecule has 10 rings (SSSR count). The summed E-state index contributed by atoms with van der Waals surface area (Å²) in [6.07, 6.45) is -9.39. The van der Waals surface area contributed by atoms with Crippen molar-refractivity contribution in [3.63, 3.8) is 0 Å². The van der Waals surface area contributed by atoms with Crippen LogP contribution >= 0.6 is 0 Å². The molecule has 290 valence electrons. The first-order chi connectivity index (χ1) is 26.1. The van der Waals surface area contributed by atoms with E-state index in [1.54, 1.807) is 62.5 Å². The Bertz CT molecular complexity index is 1990. The summed E-state index contributed by atoms with van der Waals surface area (Å²) in [6, 6.07) is 14.4. The summed E-state index contributed by atoms with van der Waals surface area (Å²) in [7, 11) is 1.72. The van der Waals surface area contributed by atoms with Crippen LogP contribution in [-0.4, -0.2) is 113 Å². The molecule has 7 bridgehead atoms. The van der Waals surface area contributed by atoms with Gasteiger partial charge < -0.3 is 38.7 Å². The van der Waals surface area contributed by atoms with E-state index in [0.717, 1.165) is 13.8 Å². The minimum absolute atomic E-state index is 0.122. The Hall–Kier alpha value is -4.92. The maximum Gasteiger partial charge on any atom is 0.338 e. The molecule has 2 aromatic rings. The smallest absolute Gasteiger partial charge is 0.338 e. The van der Waals surface area contributed by atoms with Gasteiger partial charge in [-0.1, -0.05) is 43.0 Å². The fraction of sp³-hybridized carbons (Fsp3) is 0.512. The molecule has 2 saturated heterocycles. The Morgan fingerprint density at radius 3 is 1.73 bits per heavy atom. The van der Waals surface area contributed by atoms with Crippen LogP contribution in [0.25, 0.3) is 0 Å². The Morgan fingerprint density at radius 1 is 0.709 bits per heavy atom. The molecular formula is C41H43NO13. The van der Waals surface area contributed by atoms with Crippen LogP contribution in [0.5, 0.6) is 0 Å². The molecule has 2 aromatic carbocycles. The molecule has 2 heterocycles. The van der Waals surface area contributed by atoms with E-state index in [1.807, 2.05) is 4.90 Å². The molecule has 6 aliphatic carbocycles. The van der Waals surface area contributed by atoms with Gasteiger partial charge in [0.05, 0.1) is 34.7 Å². The minimum atomic E-state index is -1.75. The van der Waals surface area contributed by atoms with Crippen molar-refractivity contribution in [3.05, 3.63) is 83.9 Å². The van der Waals surface area contributed by atoms with E-state index in [1.165, 1.54) is 19.1 Å². The third kappa shape index (κ3) is 4.58. The molecule has 0 aromatic heterocycles. The van der Waals surface area contributed by atoms with Crippen LogP contribution in [0.2, 0.25) is 0 Å². The number of fused-ring (bicyclic) bond motifs is 1. The van der Waals surface area contributed by atoms with Crippen LogP contribution < -0.4 is 0 Å². The fourth-order valence-corrected chi connectivity index (χ4v) is 12.7. The second-order valence-corrected chi connectivity index (χ2v) is 16.1. The number of nitrogens with zero attached hydrogens (tertiary/aromatic N) is 1. The zero-order valence-corrected chi connectivity index (χ0v) is 30.9. The summed E-state index contributed by atoms with van der Waals surface area (Å²) in [5.41, 5.74) is -4.43. The number of rotatable bonds is 8. The van der Waals surface area contributed by atoms with Crippen molar-refractivity contribution >= 4 is 36.1 Å². The number of aliphatic hydroxyl groups is 2. The van der Waals surface area contributed by atoms with E-state index in [0.29, 0.717) is 6.29 Å². The van der Waals surface area contributed by atoms with E-state index < -0.39 is 125 Å². The lowest BCUT2D eigenvalue weighted by atomic mass is 9.36. The predicted molar refractivity (Wildman–Crippen MR) is 187 cm³/mol. The summed E-state index contributed by atoms with van der Waals surface area (Å²) in [5.74, 6) is -7.99. The SMILES string of the molecule is C=C1[C@H]2[C@@H](OC(=O)c3ccccc3)[C@H]3[C@@H]4N(C)[C@@H]5[C@@H](O)[C@@]3([C@@H]([C@@H]2OC(C)=O)[C@@]42[C@H](OC(C)=O)[C@@H](OC(=O)c3ccccc3)[C@H](OC(C)=O)[C@@](C)(C=O)[C@@H]52)[C@H]1O. The monoisotopic (exact) mass is 757 g/mol. The van der Waals surface area contributed by atoms with E-state index in [9.17, 15) is 39.0 Å². The van der Waals surface area contributed by atoms with Crippen molar-refractivity contribution in [1.82, 2.24) is 4.90 Å². The first-order valence-corrected chi connectivity index (χ1v) is 18.4. The van der Waals surface area contributed by atoms with Crippen LogP contribution in [0, 0.1) is 39.9 Å². The largest absolute Gasteiger partial charge is 0.461 e. The number of likely N-dealkylation sites (N-methyl/N-ethyl adjacent to an activating group) is 1. The first-order valence-electron chi connectivity index (χ1n) is 18.4. The highest BCUT2D eigenvalue weighted by atomic mass is 16.6. The van der Waals surface area contributed by atoms with Crippen molar-refractivity contribution in [2.45, 2.75) is 82.5 Å². The molecule has 0 unspecified atom stereocenters. The molecule has 6 saturated carbocycles. The summed E-state index contributed by atoms with van der Waals surface area (Å²) < 4.78 is 31.0. The van der Waals surface area contributed by atoms with Gasteiger partial charge in [-0.2, -0.15) is 0 Å². The lowest BCUT2D eigenvalue weighted by Gasteiger charge is -2.71. The number of ether oxygens (including phenoxy) is 5. The zero-order valence-electron chi connectivity index (χ0n) is 30.9. The van der Waals surface area contributed by atoms with E-state index >= 15 is 0 Å². The van der Waals surface area contributed by atoms with Crippen LogP contribution in [0.1, 0.15) is 48.4 Å². The number of esters is 5. The van der Waals surface area contributed by atoms with Crippen LogP contribution in [-0.2, 0) is 42.9 Å². The Morgan fingerprint density at radius 2 is 1.22 bits per heavy atom. The number of benzene rings is 2. The Kier molecular flexibility index (Phi) is 8.45. The Balaban J connectivity index is 1.41. The molecule has 8 aliphatic rings. The van der Waals surface area contributed by atoms with Gasteiger partial charge in [-0.05, 0) is 43.8 Å². The van der Waals surface area contributed by atoms with Crippen LogP contribution in [0.3, 0.4) is 0 Å². The minimum Gasteiger partial charge on any atom is -0.461 e. The number of carbonyl (C=O) groups excluding carboxylic acids is 6. The number of piperidine rings is 1. The van der Waals surface area contributed by atoms with E-state index in [2.05, 4.69) is 6.58 Å². The molecule has 14 nitrogen and oxygen atoms in total. The topological polar surface area (TPSA) is 192 Å². The highest BCUT2D eigenvalue weighted by molar-refractivity contribution is 5.90. The van der Waals surface area contributed by atoms with Gasteiger partial charge in [-0.3, -0.25) is 19.3 Å². The van der Waals surface area contributed by atoms with E-state index in [-0.39, 0.29) is 16.7 Å². The molecule has 16 atom stereocenters.